The maximum atomic E-state index is 12.9. The first-order valence-electron chi connectivity index (χ1n) is 12.0. The van der Waals surface area contributed by atoms with E-state index in [1.807, 2.05) is 0 Å². The zero-order valence-electron chi connectivity index (χ0n) is 18.7. The van der Waals surface area contributed by atoms with Crippen LogP contribution in [0.5, 0.6) is 0 Å². The number of thioether (sulfide) groups is 1. The first kappa shape index (κ1) is 22.6. The van der Waals surface area contributed by atoms with Crippen LogP contribution in [0.3, 0.4) is 0 Å². The van der Waals surface area contributed by atoms with Gasteiger partial charge in [0.25, 0.3) is 0 Å². The molecule has 1 heterocycles. The van der Waals surface area contributed by atoms with Crippen LogP contribution in [0.25, 0.3) is 0 Å². The largest absolute Gasteiger partial charge is 0.461 e. The maximum Gasteiger partial charge on any atom is 0.316 e. The normalized spacial score (nSPS) is 38.7. The summed E-state index contributed by atoms with van der Waals surface area (Å²) in [7, 11) is 0. The topological polar surface area (TPSA) is 66.8 Å². The molecule has 1 aliphatic heterocycles. The summed E-state index contributed by atoms with van der Waals surface area (Å²) >= 11 is 1.66. The van der Waals surface area contributed by atoms with Crippen molar-refractivity contribution in [3.63, 3.8) is 0 Å². The van der Waals surface area contributed by atoms with E-state index in [4.69, 9.17) is 4.74 Å². The highest BCUT2D eigenvalue weighted by Crippen LogP contribution is 2.59. The molecule has 0 spiro atoms. The molecule has 170 valence electrons. The number of hydrogen-bond donors (Lipinski definition) is 1. The van der Waals surface area contributed by atoms with Crippen molar-refractivity contribution in [3.8, 4) is 0 Å². The van der Waals surface area contributed by atoms with Crippen molar-refractivity contribution in [2.24, 2.45) is 22.7 Å². The number of nitrogens with zero attached hydrogens (tertiary/aromatic N) is 1. The standard InChI is InChI=1S/C24H39NO4S/c1-23(2)14-19(29-21(28)16-30-13-12-25-10-3-4-11-25)17-6-5-8-24(15-20(23)27)9-7-18(26)22(17)24/h17,19-20,22,27H,3-16H2,1-2H3/t17?,19-,20+,22?,24?/m1/s1. The fourth-order valence-electron chi connectivity index (χ4n) is 6.74. The molecular formula is C24H39NO4S. The van der Waals surface area contributed by atoms with Gasteiger partial charge in [0.05, 0.1) is 11.9 Å². The molecule has 5 nitrogen and oxygen atoms in total. The average Bonchev–Trinajstić information content (AvgIpc) is 3.32. The minimum absolute atomic E-state index is 0.0300. The van der Waals surface area contributed by atoms with Gasteiger partial charge in [-0.25, -0.2) is 0 Å². The van der Waals surface area contributed by atoms with Gasteiger partial charge in [-0.05, 0) is 68.9 Å². The number of rotatable bonds is 6. The van der Waals surface area contributed by atoms with E-state index in [0.717, 1.165) is 44.4 Å². The molecule has 0 radical (unpaired) electrons. The molecule has 1 N–H and O–H groups in total. The second-order valence-electron chi connectivity index (χ2n) is 10.9. The van der Waals surface area contributed by atoms with Crippen molar-refractivity contribution >= 4 is 23.5 Å². The monoisotopic (exact) mass is 437 g/mol. The molecule has 6 heteroatoms. The van der Waals surface area contributed by atoms with Crippen molar-refractivity contribution in [1.29, 1.82) is 0 Å². The van der Waals surface area contributed by atoms with Crippen molar-refractivity contribution in [1.82, 2.24) is 4.90 Å². The molecule has 30 heavy (non-hydrogen) atoms. The van der Waals surface area contributed by atoms with Gasteiger partial charge in [0.15, 0.2) is 0 Å². The molecule has 0 aromatic heterocycles. The van der Waals surface area contributed by atoms with Crippen LogP contribution < -0.4 is 0 Å². The molecule has 4 aliphatic rings. The van der Waals surface area contributed by atoms with Gasteiger partial charge in [-0.1, -0.05) is 20.3 Å². The highest BCUT2D eigenvalue weighted by atomic mass is 32.2. The third kappa shape index (κ3) is 4.61. The summed E-state index contributed by atoms with van der Waals surface area (Å²) in [6, 6.07) is 0. The molecule has 0 aromatic rings. The Morgan fingerprint density at radius 3 is 2.73 bits per heavy atom. The molecule has 5 atom stereocenters. The van der Waals surface area contributed by atoms with Gasteiger partial charge in [0.2, 0.25) is 0 Å². The molecule has 0 amide bonds. The summed E-state index contributed by atoms with van der Waals surface area (Å²) < 4.78 is 6.09. The second-order valence-corrected chi connectivity index (χ2v) is 12.0. The number of ketones is 1. The lowest BCUT2D eigenvalue weighted by Crippen LogP contribution is -2.52. The van der Waals surface area contributed by atoms with Crippen LogP contribution >= 0.6 is 11.8 Å². The molecule has 4 fully saturated rings. The minimum Gasteiger partial charge on any atom is -0.461 e. The van der Waals surface area contributed by atoms with Crippen molar-refractivity contribution < 1.29 is 19.4 Å². The smallest absolute Gasteiger partial charge is 0.316 e. The van der Waals surface area contributed by atoms with Gasteiger partial charge in [-0.3, -0.25) is 9.59 Å². The number of aliphatic hydroxyl groups excluding tert-OH is 1. The van der Waals surface area contributed by atoms with E-state index < -0.39 is 6.10 Å². The summed E-state index contributed by atoms with van der Waals surface area (Å²) in [4.78, 5) is 28.1. The number of esters is 1. The fraction of sp³-hybridized carbons (Fsp3) is 0.917. The van der Waals surface area contributed by atoms with Gasteiger partial charge >= 0.3 is 5.97 Å². The first-order valence-corrected chi connectivity index (χ1v) is 13.2. The molecule has 2 bridgehead atoms. The second kappa shape index (κ2) is 9.11. The van der Waals surface area contributed by atoms with E-state index in [1.54, 1.807) is 11.8 Å². The summed E-state index contributed by atoms with van der Waals surface area (Å²) in [6.07, 6.45) is 7.81. The molecule has 4 rings (SSSR count). The Morgan fingerprint density at radius 2 is 1.97 bits per heavy atom. The zero-order valence-corrected chi connectivity index (χ0v) is 19.6. The van der Waals surface area contributed by atoms with Crippen molar-refractivity contribution in [3.05, 3.63) is 0 Å². The molecule has 3 unspecified atom stereocenters. The van der Waals surface area contributed by atoms with Crippen LogP contribution in [0, 0.1) is 22.7 Å². The van der Waals surface area contributed by atoms with Crippen LogP contribution in [0.15, 0.2) is 0 Å². The Balaban J connectivity index is 1.41. The number of carbonyl (C=O) groups excluding carboxylic acids is 2. The van der Waals surface area contributed by atoms with E-state index in [2.05, 4.69) is 18.7 Å². The van der Waals surface area contributed by atoms with Crippen LogP contribution in [-0.4, -0.2) is 65.1 Å². The Hall–Kier alpha value is -0.590. The van der Waals surface area contributed by atoms with Crippen LogP contribution in [-0.2, 0) is 14.3 Å². The fourth-order valence-corrected chi connectivity index (χ4v) is 7.51. The number of hydrogen-bond acceptors (Lipinski definition) is 6. The number of ether oxygens (including phenoxy) is 1. The summed E-state index contributed by atoms with van der Waals surface area (Å²) in [5.41, 5.74) is -0.390. The van der Waals surface area contributed by atoms with Crippen LogP contribution in [0.4, 0.5) is 0 Å². The Kier molecular flexibility index (Phi) is 6.86. The maximum absolute atomic E-state index is 12.9. The highest BCUT2D eigenvalue weighted by molar-refractivity contribution is 7.99. The molecule has 3 saturated carbocycles. The zero-order chi connectivity index (χ0) is 21.4. The molecule has 0 aromatic carbocycles. The lowest BCUT2D eigenvalue weighted by Gasteiger charge is -2.52. The van der Waals surface area contributed by atoms with E-state index >= 15 is 0 Å². The third-order valence-electron chi connectivity index (χ3n) is 8.48. The average molecular weight is 438 g/mol. The number of likely N-dealkylation sites (tertiary alicyclic amines) is 1. The quantitative estimate of drug-likeness (QED) is 0.505. The summed E-state index contributed by atoms with van der Waals surface area (Å²) in [6.45, 7) is 7.59. The van der Waals surface area contributed by atoms with E-state index in [1.165, 1.54) is 25.9 Å². The Morgan fingerprint density at radius 1 is 1.20 bits per heavy atom. The number of carbonyl (C=O) groups is 2. The molecule has 1 saturated heterocycles. The predicted molar refractivity (Wildman–Crippen MR) is 119 cm³/mol. The minimum atomic E-state index is -0.457. The van der Waals surface area contributed by atoms with Crippen molar-refractivity contribution in [2.45, 2.75) is 83.8 Å². The molecular weight excluding hydrogens is 398 g/mol. The van der Waals surface area contributed by atoms with Gasteiger partial charge in [-0.2, -0.15) is 0 Å². The lowest BCUT2D eigenvalue weighted by molar-refractivity contribution is -0.166. The first-order chi connectivity index (χ1) is 14.3. The third-order valence-corrected chi connectivity index (χ3v) is 9.39. The predicted octanol–water partition coefficient (Wildman–Crippen LogP) is 3.67. The van der Waals surface area contributed by atoms with Gasteiger partial charge < -0.3 is 14.7 Å². The molecule has 3 aliphatic carbocycles. The SMILES string of the molecule is CC1(C)C[C@@H](OC(=O)CSCCN2CCCC2)C2CCCC3(CCC(=O)C23)C[C@@H]1O. The van der Waals surface area contributed by atoms with E-state index in [9.17, 15) is 14.7 Å². The Labute approximate surface area is 185 Å². The number of aliphatic hydroxyl groups is 1. The van der Waals surface area contributed by atoms with E-state index in [0.29, 0.717) is 24.4 Å². The lowest BCUT2D eigenvalue weighted by atomic mass is 9.55. The summed E-state index contributed by atoms with van der Waals surface area (Å²) in [5, 5.41) is 11.1. The van der Waals surface area contributed by atoms with Crippen LogP contribution in [0.2, 0.25) is 0 Å². The van der Waals surface area contributed by atoms with Crippen LogP contribution in [0.1, 0.15) is 71.6 Å². The Bertz CT molecular complexity index is 647. The van der Waals surface area contributed by atoms with Crippen molar-refractivity contribution in [2.75, 3.05) is 31.1 Å². The van der Waals surface area contributed by atoms with Gasteiger partial charge in [0, 0.05) is 30.6 Å². The van der Waals surface area contributed by atoms with E-state index in [-0.39, 0.29) is 34.7 Å². The van der Waals surface area contributed by atoms with Gasteiger partial charge in [-0.15, -0.1) is 11.8 Å². The summed E-state index contributed by atoms with van der Waals surface area (Å²) in [5.74, 6) is 1.62. The number of Topliss-reactive ketones (excluding diaryl/α,β-unsaturated/α-hetero) is 1. The highest BCUT2D eigenvalue weighted by Gasteiger charge is 2.58. The van der Waals surface area contributed by atoms with Gasteiger partial charge in [0.1, 0.15) is 11.9 Å².